The molecule has 0 unspecified atom stereocenters. The van der Waals surface area contributed by atoms with Gasteiger partial charge in [0.1, 0.15) is 5.82 Å². The maximum Gasteiger partial charge on any atom is 0.194 e. The number of pyridine rings is 2. The molecule has 0 spiro atoms. The zero-order valence-electron chi connectivity index (χ0n) is 18.8. The fourth-order valence-corrected chi connectivity index (χ4v) is 5.80. The van der Waals surface area contributed by atoms with Crippen molar-refractivity contribution in [2.45, 2.75) is 35.0 Å². The Hall–Kier alpha value is -3.27. The van der Waals surface area contributed by atoms with E-state index in [1.165, 1.54) is 17.3 Å². The first-order valence-electron chi connectivity index (χ1n) is 11.4. The number of hydrogen-bond acceptors (Lipinski definition) is 9. The molecule has 0 saturated carbocycles. The summed E-state index contributed by atoms with van der Waals surface area (Å²) in [5.41, 5.74) is 13.5. The normalized spacial score (nSPS) is 18.9. The molecular formula is C25H25N7OS. The lowest BCUT2D eigenvalue weighted by molar-refractivity contribution is 0.265. The van der Waals surface area contributed by atoms with E-state index in [1.807, 2.05) is 31.4 Å². The van der Waals surface area contributed by atoms with Crippen LogP contribution >= 0.6 is 11.8 Å². The van der Waals surface area contributed by atoms with E-state index in [1.54, 1.807) is 6.20 Å². The van der Waals surface area contributed by atoms with Gasteiger partial charge < -0.3 is 21.1 Å². The Morgan fingerprint density at radius 1 is 1.18 bits per heavy atom. The van der Waals surface area contributed by atoms with Crippen LogP contribution in [-0.4, -0.2) is 57.3 Å². The first-order chi connectivity index (χ1) is 16.6. The van der Waals surface area contributed by atoms with Crippen LogP contribution < -0.4 is 16.0 Å². The Morgan fingerprint density at radius 3 is 2.94 bits per heavy atom. The first kappa shape index (κ1) is 21.3. The van der Waals surface area contributed by atoms with Crippen molar-refractivity contribution in [2.75, 3.05) is 30.4 Å². The number of anilines is 2. The van der Waals surface area contributed by atoms with Gasteiger partial charge in [-0.05, 0) is 53.6 Å². The highest BCUT2D eigenvalue weighted by Gasteiger charge is 2.36. The summed E-state index contributed by atoms with van der Waals surface area (Å²) in [4.78, 5) is 22.1. The van der Waals surface area contributed by atoms with Gasteiger partial charge in [0.25, 0.3) is 0 Å². The van der Waals surface area contributed by atoms with Crippen LogP contribution in [0.5, 0.6) is 0 Å². The molecule has 4 N–H and O–H groups in total. The van der Waals surface area contributed by atoms with Crippen molar-refractivity contribution in [3.05, 3.63) is 60.0 Å². The number of hydrogen-bond donors (Lipinski definition) is 3. The molecule has 34 heavy (non-hydrogen) atoms. The Kier molecular flexibility index (Phi) is 5.32. The van der Waals surface area contributed by atoms with Gasteiger partial charge in [0.05, 0.1) is 29.4 Å². The summed E-state index contributed by atoms with van der Waals surface area (Å²) in [5.74, 6) is 0.846. The van der Waals surface area contributed by atoms with E-state index < -0.39 is 0 Å². The number of nitrogens with two attached hydrogens (primary N) is 1. The molecule has 6 rings (SSSR count). The minimum Gasteiger partial charge on any atom is -0.394 e. The summed E-state index contributed by atoms with van der Waals surface area (Å²) in [6.45, 7) is 0.694. The second kappa shape index (κ2) is 8.50. The van der Waals surface area contributed by atoms with Crippen molar-refractivity contribution in [1.29, 1.82) is 0 Å². The number of aliphatic hydroxyl groups excluding tert-OH is 1. The fraction of sp³-hybridized carbons (Fsp3) is 0.280. The van der Waals surface area contributed by atoms with E-state index >= 15 is 0 Å². The Bertz CT molecular complexity index is 1400. The third-order valence-electron chi connectivity index (χ3n) is 6.57. The molecule has 0 bridgehead atoms. The van der Waals surface area contributed by atoms with Crippen LogP contribution in [-0.2, 0) is 6.42 Å². The molecule has 4 aromatic rings. The van der Waals surface area contributed by atoms with Gasteiger partial charge in [-0.15, -0.1) is 0 Å². The lowest BCUT2D eigenvalue weighted by atomic mass is 10.0. The van der Waals surface area contributed by atoms with Crippen molar-refractivity contribution in [2.24, 2.45) is 5.73 Å². The maximum atomic E-state index is 10.1. The SMILES string of the molecule is CNc1cccc2c1Cc1nc(Sc3cnc4cccnc4c3)nc(N3C[C@H](N)C[C@@H]3CO)c1-2. The van der Waals surface area contributed by atoms with Crippen LogP contribution in [0.4, 0.5) is 11.5 Å². The lowest BCUT2D eigenvalue weighted by Gasteiger charge is -2.26. The average Bonchev–Trinajstić information content (AvgIpc) is 3.43. The van der Waals surface area contributed by atoms with Crippen molar-refractivity contribution in [1.82, 2.24) is 19.9 Å². The molecular weight excluding hydrogens is 446 g/mol. The molecule has 8 nitrogen and oxygen atoms in total. The van der Waals surface area contributed by atoms with Crippen LogP contribution in [0.1, 0.15) is 17.7 Å². The second-order valence-electron chi connectivity index (χ2n) is 8.71. The van der Waals surface area contributed by atoms with Crippen LogP contribution in [0.2, 0.25) is 0 Å². The molecule has 172 valence electrons. The highest BCUT2D eigenvalue weighted by Crippen LogP contribution is 2.46. The predicted octanol–water partition coefficient (Wildman–Crippen LogP) is 3.08. The second-order valence-corrected chi connectivity index (χ2v) is 9.75. The van der Waals surface area contributed by atoms with Gasteiger partial charge in [-0.2, -0.15) is 0 Å². The predicted molar refractivity (Wildman–Crippen MR) is 134 cm³/mol. The Morgan fingerprint density at radius 2 is 2.09 bits per heavy atom. The quantitative estimate of drug-likeness (QED) is 0.333. The number of aromatic nitrogens is 4. The summed E-state index contributed by atoms with van der Waals surface area (Å²) in [6.07, 6.45) is 5.07. The van der Waals surface area contributed by atoms with Crippen LogP contribution in [0, 0.1) is 0 Å². The molecule has 0 amide bonds. The average molecular weight is 472 g/mol. The summed E-state index contributed by atoms with van der Waals surface area (Å²) in [6, 6.07) is 12.1. The van der Waals surface area contributed by atoms with Gasteiger partial charge in [0.2, 0.25) is 0 Å². The standard InChI is InChI=1S/C25H25N7OS/c1-27-19-5-2-4-17-18(19)10-22-23(17)24(32-12-14(26)8-15(32)13-33)31-25(30-22)34-16-9-21-20(29-11-16)6-3-7-28-21/h2-7,9,11,14-15,27,33H,8,10,12-13,26H2,1H3/t14-,15-/m1/s1. The van der Waals surface area contributed by atoms with Crippen LogP contribution in [0.25, 0.3) is 22.2 Å². The minimum absolute atomic E-state index is 0.000790. The Balaban J connectivity index is 1.47. The van der Waals surface area contributed by atoms with Crippen LogP contribution in [0.15, 0.2) is 58.8 Å². The van der Waals surface area contributed by atoms with E-state index in [2.05, 4.69) is 38.4 Å². The van der Waals surface area contributed by atoms with Gasteiger partial charge in [-0.1, -0.05) is 12.1 Å². The van der Waals surface area contributed by atoms with Gasteiger partial charge in [0.15, 0.2) is 5.16 Å². The summed E-state index contributed by atoms with van der Waals surface area (Å²) < 4.78 is 0. The molecule has 1 saturated heterocycles. The highest BCUT2D eigenvalue weighted by molar-refractivity contribution is 7.99. The molecule has 1 fully saturated rings. The van der Waals surface area contributed by atoms with Gasteiger partial charge in [0, 0.05) is 54.6 Å². The van der Waals surface area contributed by atoms with E-state index in [-0.39, 0.29) is 18.7 Å². The summed E-state index contributed by atoms with van der Waals surface area (Å²) in [7, 11) is 1.94. The number of rotatable bonds is 5. The fourth-order valence-electron chi connectivity index (χ4n) is 5.02. The molecule has 1 aliphatic heterocycles. The van der Waals surface area contributed by atoms with Gasteiger partial charge >= 0.3 is 0 Å². The summed E-state index contributed by atoms with van der Waals surface area (Å²) in [5, 5.41) is 14.0. The highest BCUT2D eigenvalue weighted by atomic mass is 32.2. The molecule has 1 aromatic carbocycles. The zero-order valence-corrected chi connectivity index (χ0v) is 19.6. The molecule has 3 aromatic heterocycles. The molecule has 9 heteroatoms. The van der Waals surface area contributed by atoms with Gasteiger partial charge in [-0.25, -0.2) is 9.97 Å². The molecule has 2 atom stereocenters. The van der Waals surface area contributed by atoms with Gasteiger partial charge in [-0.3, -0.25) is 9.97 Å². The monoisotopic (exact) mass is 471 g/mol. The smallest absolute Gasteiger partial charge is 0.194 e. The minimum atomic E-state index is -0.0603. The lowest BCUT2D eigenvalue weighted by Crippen LogP contribution is -2.34. The van der Waals surface area contributed by atoms with Crippen molar-refractivity contribution < 1.29 is 5.11 Å². The maximum absolute atomic E-state index is 10.1. The molecule has 4 heterocycles. The van der Waals surface area contributed by atoms with Crippen molar-refractivity contribution in [3.63, 3.8) is 0 Å². The van der Waals surface area contributed by atoms with E-state index in [9.17, 15) is 5.11 Å². The third kappa shape index (κ3) is 3.56. The van der Waals surface area contributed by atoms with Crippen molar-refractivity contribution >= 4 is 34.3 Å². The number of aliphatic hydroxyl groups is 1. The third-order valence-corrected chi connectivity index (χ3v) is 7.39. The number of nitrogens with one attached hydrogen (secondary N) is 1. The Labute approximate surface area is 201 Å². The van der Waals surface area contributed by atoms with Crippen LogP contribution in [0.3, 0.4) is 0 Å². The number of fused-ring (bicyclic) bond motifs is 4. The largest absolute Gasteiger partial charge is 0.394 e. The number of benzene rings is 1. The van der Waals surface area contributed by atoms with E-state index in [0.29, 0.717) is 11.7 Å². The molecule has 1 aliphatic carbocycles. The first-order valence-corrected chi connectivity index (χ1v) is 12.2. The van der Waals surface area contributed by atoms with E-state index in [4.69, 9.17) is 15.7 Å². The summed E-state index contributed by atoms with van der Waals surface area (Å²) >= 11 is 1.48. The molecule has 2 aliphatic rings. The molecule has 0 radical (unpaired) electrons. The zero-order chi connectivity index (χ0) is 23.2. The van der Waals surface area contributed by atoms with Crippen molar-refractivity contribution in [3.8, 4) is 11.1 Å². The number of nitrogens with zero attached hydrogens (tertiary/aromatic N) is 5. The topological polar surface area (TPSA) is 113 Å². The van der Waals surface area contributed by atoms with E-state index in [0.717, 1.165) is 57.1 Å².